The lowest BCUT2D eigenvalue weighted by Crippen LogP contribution is -2.53. The fraction of sp³-hybridized carbons (Fsp3) is 0.545. The van der Waals surface area contributed by atoms with Gasteiger partial charge < -0.3 is 10.1 Å². The van der Waals surface area contributed by atoms with Gasteiger partial charge >= 0.3 is 5.00 Å². The number of nitrogens with zero attached hydrogens (tertiary/aromatic N) is 1. The Morgan fingerprint density at radius 1 is 1.53 bits per heavy atom. The first kappa shape index (κ1) is 14.2. The molecule has 0 saturated carbocycles. The molecule has 0 spiro atoms. The molecule has 0 bridgehead atoms. The van der Waals surface area contributed by atoms with Crippen molar-refractivity contribution in [3.63, 3.8) is 0 Å². The summed E-state index contributed by atoms with van der Waals surface area (Å²) in [6, 6.07) is 2.79. The average Bonchev–Trinajstić information content (AvgIpc) is 2.89. The summed E-state index contributed by atoms with van der Waals surface area (Å²) in [4.78, 5) is 22.5. The molecule has 1 N–H and O–H groups in total. The van der Waals surface area contributed by atoms with Gasteiger partial charge in [0, 0.05) is 25.2 Å². The fourth-order valence-corrected chi connectivity index (χ4v) is 2.95. The van der Waals surface area contributed by atoms with Crippen LogP contribution in [0.5, 0.6) is 0 Å². The monoisotopic (exact) mass is 304 g/mol. The van der Waals surface area contributed by atoms with E-state index in [-0.39, 0.29) is 10.9 Å². The van der Waals surface area contributed by atoms with Gasteiger partial charge in [-0.25, -0.2) is 0 Å². The van der Waals surface area contributed by atoms with Gasteiger partial charge in [-0.05, 0) is 18.9 Å². The van der Waals surface area contributed by atoms with Crippen LogP contribution in [0.15, 0.2) is 12.1 Å². The van der Waals surface area contributed by atoms with E-state index >= 15 is 0 Å². The SMILES string of the molecule is O=C(NC1(CCl)CCOCC1)c1ccc([N+](=O)[O-])s1. The van der Waals surface area contributed by atoms with E-state index in [2.05, 4.69) is 5.32 Å². The number of hydrogen-bond acceptors (Lipinski definition) is 5. The molecule has 1 fully saturated rings. The first-order chi connectivity index (χ1) is 9.06. The van der Waals surface area contributed by atoms with Gasteiger partial charge in [0.25, 0.3) is 5.91 Å². The maximum Gasteiger partial charge on any atom is 0.324 e. The van der Waals surface area contributed by atoms with Gasteiger partial charge in [-0.15, -0.1) is 11.6 Å². The number of nitro groups is 1. The van der Waals surface area contributed by atoms with E-state index in [1.165, 1.54) is 12.1 Å². The van der Waals surface area contributed by atoms with Crippen LogP contribution in [-0.2, 0) is 4.74 Å². The second-order valence-corrected chi connectivity index (χ2v) is 5.70. The van der Waals surface area contributed by atoms with Gasteiger partial charge in [0.2, 0.25) is 0 Å². The number of alkyl halides is 1. The van der Waals surface area contributed by atoms with E-state index in [0.717, 1.165) is 11.3 Å². The van der Waals surface area contributed by atoms with Gasteiger partial charge in [-0.1, -0.05) is 11.3 Å². The van der Waals surface area contributed by atoms with Crippen molar-refractivity contribution in [3.05, 3.63) is 27.1 Å². The lowest BCUT2D eigenvalue weighted by molar-refractivity contribution is -0.380. The third kappa shape index (κ3) is 3.23. The zero-order chi connectivity index (χ0) is 13.9. The molecule has 0 aliphatic carbocycles. The lowest BCUT2D eigenvalue weighted by atomic mass is 9.92. The predicted octanol–water partition coefficient (Wildman–Crippen LogP) is 2.17. The van der Waals surface area contributed by atoms with Crippen molar-refractivity contribution in [2.45, 2.75) is 18.4 Å². The molecule has 2 heterocycles. The van der Waals surface area contributed by atoms with E-state index in [9.17, 15) is 14.9 Å². The van der Waals surface area contributed by atoms with Crippen molar-refractivity contribution in [1.29, 1.82) is 0 Å². The summed E-state index contributed by atoms with van der Waals surface area (Å²) in [6.45, 7) is 1.11. The van der Waals surface area contributed by atoms with Crippen molar-refractivity contribution in [2.75, 3.05) is 19.1 Å². The molecule has 19 heavy (non-hydrogen) atoms. The van der Waals surface area contributed by atoms with Crippen LogP contribution in [0.1, 0.15) is 22.5 Å². The number of halogens is 1. The predicted molar refractivity (Wildman–Crippen MR) is 71.9 cm³/mol. The first-order valence-corrected chi connectivity index (χ1v) is 7.12. The molecule has 1 aromatic rings. The van der Waals surface area contributed by atoms with Crippen LogP contribution >= 0.6 is 22.9 Å². The number of hydrogen-bond donors (Lipinski definition) is 1. The van der Waals surface area contributed by atoms with Gasteiger partial charge in [0.1, 0.15) is 0 Å². The molecule has 1 aromatic heterocycles. The molecule has 0 aromatic carbocycles. The minimum absolute atomic E-state index is 0.0444. The Morgan fingerprint density at radius 2 is 2.21 bits per heavy atom. The second kappa shape index (κ2) is 5.85. The highest BCUT2D eigenvalue weighted by atomic mass is 35.5. The molecule has 0 radical (unpaired) electrons. The smallest absolute Gasteiger partial charge is 0.324 e. The molecule has 1 aliphatic heterocycles. The third-order valence-electron chi connectivity index (χ3n) is 3.08. The summed E-state index contributed by atoms with van der Waals surface area (Å²) >= 11 is 6.81. The van der Waals surface area contributed by atoms with Gasteiger partial charge in [-0.3, -0.25) is 14.9 Å². The molecule has 6 nitrogen and oxygen atoms in total. The quantitative estimate of drug-likeness (QED) is 0.525. The number of amides is 1. The average molecular weight is 305 g/mol. The Bertz CT molecular complexity index is 485. The maximum atomic E-state index is 12.1. The minimum Gasteiger partial charge on any atom is -0.381 e. The van der Waals surface area contributed by atoms with E-state index in [0.29, 0.717) is 36.8 Å². The number of nitrogens with one attached hydrogen (secondary N) is 1. The Hall–Kier alpha value is -1.18. The third-order valence-corrected chi connectivity index (χ3v) is 4.63. The number of thiophene rings is 1. The molecule has 0 unspecified atom stereocenters. The van der Waals surface area contributed by atoms with Gasteiger partial charge in [0.05, 0.1) is 15.3 Å². The summed E-state index contributed by atoms with van der Waals surface area (Å²) in [5, 5.41) is 13.4. The number of carbonyl (C=O) groups is 1. The van der Waals surface area contributed by atoms with Crippen molar-refractivity contribution >= 4 is 33.8 Å². The molecule has 0 atom stereocenters. The van der Waals surface area contributed by atoms with Crippen LogP contribution in [0.2, 0.25) is 0 Å². The Kier molecular flexibility index (Phi) is 4.38. The molecule has 104 valence electrons. The molecule has 8 heteroatoms. The van der Waals surface area contributed by atoms with Crippen molar-refractivity contribution in [1.82, 2.24) is 5.32 Å². The fourth-order valence-electron chi connectivity index (χ4n) is 1.90. The minimum atomic E-state index is -0.507. The normalized spacial score (nSPS) is 17.9. The molecule has 1 amide bonds. The van der Waals surface area contributed by atoms with Crippen LogP contribution in [-0.4, -0.2) is 35.5 Å². The van der Waals surface area contributed by atoms with Crippen LogP contribution in [0.3, 0.4) is 0 Å². The summed E-state index contributed by atoms with van der Waals surface area (Å²) in [7, 11) is 0. The number of rotatable bonds is 4. The zero-order valence-corrected chi connectivity index (χ0v) is 11.6. The molecule has 1 aliphatic rings. The summed E-state index contributed by atoms with van der Waals surface area (Å²) in [6.07, 6.45) is 1.30. The van der Waals surface area contributed by atoms with Crippen molar-refractivity contribution < 1.29 is 14.5 Å². The number of ether oxygens (including phenoxy) is 1. The lowest BCUT2D eigenvalue weighted by Gasteiger charge is -2.36. The standard InChI is InChI=1S/C11H13ClN2O4S/c12-7-11(3-5-18-6-4-11)13-10(15)8-1-2-9(19-8)14(16)17/h1-2H,3-7H2,(H,13,15). The second-order valence-electron chi connectivity index (χ2n) is 4.38. The molecule has 2 rings (SSSR count). The van der Waals surface area contributed by atoms with Crippen LogP contribution < -0.4 is 5.32 Å². The van der Waals surface area contributed by atoms with Crippen LogP contribution in [0, 0.1) is 10.1 Å². The zero-order valence-electron chi connectivity index (χ0n) is 10.1. The highest BCUT2D eigenvalue weighted by Crippen LogP contribution is 2.27. The summed E-state index contributed by atoms with van der Waals surface area (Å²) in [5.41, 5.74) is -0.477. The van der Waals surface area contributed by atoms with Gasteiger partial charge in [-0.2, -0.15) is 0 Å². The van der Waals surface area contributed by atoms with Crippen LogP contribution in [0.4, 0.5) is 5.00 Å². The van der Waals surface area contributed by atoms with E-state index in [1.54, 1.807) is 0 Å². The van der Waals surface area contributed by atoms with Crippen LogP contribution in [0.25, 0.3) is 0 Å². The first-order valence-electron chi connectivity index (χ1n) is 5.77. The van der Waals surface area contributed by atoms with Crippen molar-refractivity contribution in [2.24, 2.45) is 0 Å². The Labute approximate surface area is 118 Å². The Morgan fingerprint density at radius 3 is 2.74 bits per heavy atom. The number of carbonyl (C=O) groups excluding carboxylic acids is 1. The summed E-state index contributed by atoms with van der Waals surface area (Å²) in [5.74, 6) is -0.0177. The molecular weight excluding hydrogens is 292 g/mol. The highest BCUT2D eigenvalue weighted by molar-refractivity contribution is 7.17. The summed E-state index contributed by atoms with van der Waals surface area (Å²) < 4.78 is 5.25. The van der Waals surface area contributed by atoms with Gasteiger partial charge in [0.15, 0.2) is 0 Å². The van der Waals surface area contributed by atoms with E-state index in [1.807, 2.05) is 0 Å². The van der Waals surface area contributed by atoms with Crippen molar-refractivity contribution in [3.8, 4) is 0 Å². The van der Waals surface area contributed by atoms with E-state index in [4.69, 9.17) is 16.3 Å². The Balaban J connectivity index is 2.08. The highest BCUT2D eigenvalue weighted by Gasteiger charge is 2.34. The molecular formula is C11H13ClN2O4S. The maximum absolute atomic E-state index is 12.1. The largest absolute Gasteiger partial charge is 0.381 e. The topological polar surface area (TPSA) is 81.5 Å². The van der Waals surface area contributed by atoms with E-state index < -0.39 is 10.5 Å². The molecule has 1 saturated heterocycles.